The van der Waals surface area contributed by atoms with Crippen LogP contribution in [0.1, 0.15) is 27.4 Å². The molecule has 0 bridgehead atoms. The van der Waals surface area contributed by atoms with E-state index in [9.17, 15) is 9.59 Å². The third kappa shape index (κ3) is 4.37. The molecule has 0 radical (unpaired) electrons. The maximum absolute atomic E-state index is 13.1. The molecule has 1 fully saturated rings. The van der Waals surface area contributed by atoms with Crippen molar-refractivity contribution in [3.8, 4) is 0 Å². The first-order chi connectivity index (χ1) is 14.2. The molecule has 0 spiro atoms. The number of rotatable bonds is 5. The molecule has 3 aromatic rings. The highest BCUT2D eigenvalue weighted by Gasteiger charge is 2.40. The van der Waals surface area contributed by atoms with Crippen molar-refractivity contribution in [1.29, 1.82) is 0 Å². The minimum atomic E-state index is -0.270. The van der Waals surface area contributed by atoms with Crippen LogP contribution >= 0.6 is 0 Å². The van der Waals surface area contributed by atoms with Gasteiger partial charge in [0, 0.05) is 31.1 Å². The number of amides is 2. The molecule has 1 saturated heterocycles. The first-order valence-corrected chi connectivity index (χ1v) is 9.93. The van der Waals surface area contributed by atoms with Crippen molar-refractivity contribution in [2.45, 2.75) is 12.5 Å². The van der Waals surface area contributed by atoms with E-state index in [1.165, 1.54) is 0 Å². The number of hydrogen-bond donors (Lipinski definition) is 1. The van der Waals surface area contributed by atoms with Gasteiger partial charge in [0.15, 0.2) is 0 Å². The van der Waals surface area contributed by atoms with Gasteiger partial charge in [0.1, 0.15) is 0 Å². The van der Waals surface area contributed by atoms with Gasteiger partial charge in [-0.1, -0.05) is 78.9 Å². The van der Waals surface area contributed by atoms with Gasteiger partial charge in [-0.3, -0.25) is 9.59 Å². The van der Waals surface area contributed by atoms with Crippen molar-refractivity contribution in [3.63, 3.8) is 0 Å². The monoisotopic (exact) mass is 384 g/mol. The van der Waals surface area contributed by atoms with E-state index in [1.54, 1.807) is 4.90 Å². The van der Waals surface area contributed by atoms with E-state index in [2.05, 4.69) is 5.32 Å². The zero-order chi connectivity index (χ0) is 20.1. The summed E-state index contributed by atoms with van der Waals surface area (Å²) in [5.41, 5.74) is 2.81. The van der Waals surface area contributed by atoms with Gasteiger partial charge in [-0.25, -0.2) is 0 Å². The van der Waals surface area contributed by atoms with Crippen LogP contribution in [-0.4, -0.2) is 29.8 Å². The molecule has 3 aromatic carbocycles. The highest BCUT2D eigenvalue weighted by Crippen LogP contribution is 2.33. The Bertz CT molecular complexity index is 958. The molecule has 1 heterocycles. The van der Waals surface area contributed by atoms with Gasteiger partial charge in [0.25, 0.3) is 5.91 Å². The fourth-order valence-corrected chi connectivity index (χ4v) is 3.95. The number of nitrogens with zero attached hydrogens (tertiary/aromatic N) is 1. The Balaban J connectivity index is 1.52. The van der Waals surface area contributed by atoms with Crippen molar-refractivity contribution < 1.29 is 9.59 Å². The zero-order valence-corrected chi connectivity index (χ0v) is 16.2. The van der Waals surface area contributed by atoms with Crippen molar-refractivity contribution in [3.05, 3.63) is 108 Å². The van der Waals surface area contributed by atoms with Gasteiger partial charge in [-0.15, -0.1) is 0 Å². The Morgan fingerprint density at radius 3 is 2.03 bits per heavy atom. The van der Waals surface area contributed by atoms with Crippen LogP contribution in [-0.2, 0) is 11.3 Å². The third-order valence-electron chi connectivity index (χ3n) is 5.50. The molecule has 2 amide bonds. The van der Waals surface area contributed by atoms with Gasteiger partial charge < -0.3 is 10.2 Å². The predicted molar refractivity (Wildman–Crippen MR) is 113 cm³/mol. The molecule has 4 heteroatoms. The lowest BCUT2D eigenvalue weighted by molar-refractivity contribution is -0.125. The van der Waals surface area contributed by atoms with Crippen molar-refractivity contribution >= 4 is 11.8 Å². The fourth-order valence-electron chi connectivity index (χ4n) is 3.95. The lowest BCUT2D eigenvalue weighted by atomic mass is 9.88. The van der Waals surface area contributed by atoms with Crippen molar-refractivity contribution in [2.24, 2.45) is 5.92 Å². The van der Waals surface area contributed by atoms with Gasteiger partial charge in [0.05, 0.1) is 5.92 Å². The molecule has 2 atom stereocenters. The van der Waals surface area contributed by atoms with Crippen LogP contribution in [0.3, 0.4) is 0 Å². The van der Waals surface area contributed by atoms with Crippen LogP contribution in [0.5, 0.6) is 0 Å². The van der Waals surface area contributed by atoms with E-state index < -0.39 is 0 Å². The van der Waals surface area contributed by atoms with Crippen LogP contribution in [0.25, 0.3) is 0 Å². The smallest absolute Gasteiger partial charge is 0.253 e. The number of carbonyl (C=O) groups is 2. The third-order valence-corrected chi connectivity index (χ3v) is 5.50. The lowest BCUT2D eigenvalue weighted by Crippen LogP contribution is -2.35. The SMILES string of the molecule is O=C(NCc1ccccc1)C1CN(C(=O)c2ccccc2)CC1c1ccccc1. The molecule has 0 saturated carbocycles. The van der Waals surface area contributed by atoms with Crippen molar-refractivity contribution in [1.82, 2.24) is 10.2 Å². The average Bonchev–Trinajstić information content (AvgIpc) is 3.24. The van der Waals surface area contributed by atoms with E-state index in [0.717, 1.165) is 11.1 Å². The number of likely N-dealkylation sites (tertiary alicyclic amines) is 1. The maximum atomic E-state index is 13.1. The summed E-state index contributed by atoms with van der Waals surface area (Å²) >= 11 is 0. The Morgan fingerprint density at radius 1 is 0.793 bits per heavy atom. The molecule has 146 valence electrons. The van der Waals surface area contributed by atoms with Gasteiger partial charge >= 0.3 is 0 Å². The topological polar surface area (TPSA) is 49.4 Å². The normalized spacial score (nSPS) is 18.4. The van der Waals surface area contributed by atoms with Gasteiger partial charge in [-0.2, -0.15) is 0 Å². The van der Waals surface area contributed by atoms with Crippen LogP contribution in [0.2, 0.25) is 0 Å². The summed E-state index contributed by atoms with van der Waals surface area (Å²) in [6.07, 6.45) is 0. The number of hydrogen-bond acceptors (Lipinski definition) is 2. The summed E-state index contributed by atoms with van der Waals surface area (Å²) < 4.78 is 0. The molecule has 0 aromatic heterocycles. The van der Waals surface area contributed by atoms with Crippen LogP contribution < -0.4 is 5.32 Å². The highest BCUT2D eigenvalue weighted by molar-refractivity contribution is 5.95. The summed E-state index contributed by atoms with van der Waals surface area (Å²) in [7, 11) is 0. The van der Waals surface area contributed by atoms with Gasteiger partial charge in [-0.05, 0) is 23.3 Å². The molecule has 2 unspecified atom stereocenters. The van der Waals surface area contributed by atoms with Crippen LogP contribution in [0.4, 0.5) is 0 Å². The van der Waals surface area contributed by atoms with Gasteiger partial charge in [0.2, 0.25) is 5.91 Å². The maximum Gasteiger partial charge on any atom is 0.253 e. The highest BCUT2D eigenvalue weighted by atomic mass is 16.2. The second-order valence-corrected chi connectivity index (χ2v) is 7.40. The molecule has 0 aliphatic carbocycles. The summed E-state index contributed by atoms with van der Waals surface area (Å²) in [6.45, 7) is 1.46. The Kier molecular flexibility index (Phi) is 5.71. The Morgan fingerprint density at radius 2 is 1.38 bits per heavy atom. The van der Waals surface area contributed by atoms with Crippen LogP contribution in [0.15, 0.2) is 91.0 Å². The average molecular weight is 384 g/mol. The Labute approximate surface area is 171 Å². The van der Waals surface area contributed by atoms with E-state index in [4.69, 9.17) is 0 Å². The molecule has 1 N–H and O–H groups in total. The summed E-state index contributed by atoms with van der Waals surface area (Å²) in [6, 6.07) is 29.2. The molecule has 29 heavy (non-hydrogen) atoms. The van der Waals surface area contributed by atoms with Crippen molar-refractivity contribution in [2.75, 3.05) is 13.1 Å². The molecular formula is C25H24N2O2. The summed E-state index contributed by atoms with van der Waals surface area (Å²) in [4.78, 5) is 27.8. The fraction of sp³-hybridized carbons (Fsp3) is 0.200. The molecular weight excluding hydrogens is 360 g/mol. The molecule has 1 aliphatic heterocycles. The molecule has 4 rings (SSSR count). The predicted octanol–water partition coefficient (Wildman–Crippen LogP) is 3.86. The zero-order valence-electron chi connectivity index (χ0n) is 16.2. The minimum Gasteiger partial charge on any atom is -0.352 e. The second-order valence-electron chi connectivity index (χ2n) is 7.40. The Hall–Kier alpha value is -3.40. The van der Waals surface area contributed by atoms with E-state index in [-0.39, 0.29) is 23.7 Å². The first-order valence-electron chi connectivity index (χ1n) is 9.93. The molecule has 1 aliphatic rings. The minimum absolute atomic E-state index is 0.00827. The van der Waals surface area contributed by atoms with Crippen LogP contribution in [0, 0.1) is 5.92 Å². The standard InChI is InChI=1S/C25H24N2O2/c28-24(26-16-19-10-4-1-5-11-19)23-18-27(25(29)21-14-8-3-9-15-21)17-22(23)20-12-6-2-7-13-20/h1-15,22-23H,16-18H2,(H,26,28). The number of benzene rings is 3. The summed E-state index contributed by atoms with van der Waals surface area (Å²) in [5.74, 6) is -0.315. The number of nitrogens with one attached hydrogen (secondary N) is 1. The molecule has 4 nitrogen and oxygen atoms in total. The second kappa shape index (κ2) is 8.74. The van der Waals surface area contributed by atoms with E-state index >= 15 is 0 Å². The first kappa shape index (κ1) is 18.9. The lowest BCUT2D eigenvalue weighted by Gasteiger charge is -2.18. The largest absolute Gasteiger partial charge is 0.352 e. The number of carbonyl (C=O) groups excluding carboxylic acids is 2. The van der Waals surface area contributed by atoms with E-state index in [1.807, 2.05) is 91.0 Å². The van der Waals surface area contributed by atoms with E-state index in [0.29, 0.717) is 25.2 Å². The summed E-state index contributed by atoms with van der Waals surface area (Å²) in [5, 5.41) is 3.06. The quantitative estimate of drug-likeness (QED) is 0.726.